The molecule has 0 radical (unpaired) electrons. The van der Waals surface area contributed by atoms with Crippen LogP contribution in [0.2, 0.25) is 0 Å². The van der Waals surface area contributed by atoms with Crippen molar-refractivity contribution in [3.8, 4) is 0 Å². The van der Waals surface area contributed by atoms with Crippen molar-refractivity contribution in [3.05, 3.63) is 0 Å². The second-order valence-corrected chi connectivity index (χ2v) is 2.85. The molecule has 1 heterocycles. The largest absolute Gasteiger partial charge is 0.357 e. The Morgan fingerprint density at radius 1 is 1.80 bits per heavy atom. The highest BCUT2D eigenvalue weighted by Gasteiger charge is 2.12. The summed E-state index contributed by atoms with van der Waals surface area (Å²) in [6.07, 6.45) is 0. The van der Waals surface area contributed by atoms with Crippen LogP contribution in [0.25, 0.3) is 0 Å². The normalized spacial score (nSPS) is 21.1. The number of hydrogen-bond donors (Lipinski definition) is 1. The van der Waals surface area contributed by atoms with Crippen molar-refractivity contribution in [2.75, 3.05) is 19.6 Å². The molecule has 0 aromatic heterocycles. The van der Waals surface area contributed by atoms with Gasteiger partial charge in [-0.2, -0.15) is 0 Å². The SMILES string of the molecule is CC1=NCCN1CC(C)N. The molecule has 0 bridgehead atoms. The van der Waals surface area contributed by atoms with Crippen LogP contribution < -0.4 is 5.73 Å². The zero-order chi connectivity index (χ0) is 7.56. The Morgan fingerprint density at radius 3 is 2.90 bits per heavy atom. The van der Waals surface area contributed by atoms with E-state index in [-0.39, 0.29) is 6.04 Å². The van der Waals surface area contributed by atoms with Crippen LogP contribution in [0.4, 0.5) is 0 Å². The lowest BCUT2D eigenvalue weighted by Gasteiger charge is -2.19. The first-order valence-electron chi connectivity index (χ1n) is 3.71. The molecule has 0 aromatic rings. The summed E-state index contributed by atoms with van der Waals surface area (Å²) >= 11 is 0. The Balaban J connectivity index is 2.35. The lowest BCUT2D eigenvalue weighted by Crippen LogP contribution is -2.36. The van der Waals surface area contributed by atoms with E-state index in [4.69, 9.17) is 5.73 Å². The molecule has 0 aromatic carbocycles. The molecule has 2 N–H and O–H groups in total. The van der Waals surface area contributed by atoms with Gasteiger partial charge in [0.15, 0.2) is 0 Å². The molecule has 0 saturated carbocycles. The number of amidine groups is 1. The maximum atomic E-state index is 5.64. The van der Waals surface area contributed by atoms with E-state index >= 15 is 0 Å². The minimum atomic E-state index is 0.253. The Hall–Kier alpha value is -0.570. The minimum Gasteiger partial charge on any atom is -0.357 e. The highest BCUT2D eigenvalue weighted by atomic mass is 15.2. The summed E-state index contributed by atoms with van der Waals surface area (Å²) in [7, 11) is 0. The van der Waals surface area contributed by atoms with Crippen molar-refractivity contribution in [3.63, 3.8) is 0 Å². The van der Waals surface area contributed by atoms with Gasteiger partial charge in [0.05, 0.1) is 12.4 Å². The Kier molecular flexibility index (Phi) is 2.27. The fourth-order valence-corrected chi connectivity index (χ4v) is 1.17. The quantitative estimate of drug-likeness (QED) is 0.591. The number of rotatable bonds is 2. The van der Waals surface area contributed by atoms with Crippen molar-refractivity contribution < 1.29 is 0 Å². The summed E-state index contributed by atoms with van der Waals surface area (Å²) in [6.45, 7) is 6.99. The van der Waals surface area contributed by atoms with E-state index in [1.165, 1.54) is 0 Å². The minimum absolute atomic E-state index is 0.253. The third kappa shape index (κ3) is 1.70. The van der Waals surface area contributed by atoms with Gasteiger partial charge in [-0.15, -0.1) is 0 Å². The van der Waals surface area contributed by atoms with Gasteiger partial charge < -0.3 is 10.6 Å². The van der Waals surface area contributed by atoms with E-state index in [9.17, 15) is 0 Å². The summed E-state index contributed by atoms with van der Waals surface area (Å²) < 4.78 is 0. The van der Waals surface area contributed by atoms with Crippen LogP contribution in [0.1, 0.15) is 13.8 Å². The average Bonchev–Trinajstić information content (AvgIpc) is 2.15. The van der Waals surface area contributed by atoms with Gasteiger partial charge in [-0.05, 0) is 13.8 Å². The summed E-state index contributed by atoms with van der Waals surface area (Å²) in [6, 6.07) is 0.253. The first kappa shape index (κ1) is 7.54. The monoisotopic (exact) mass is 141 g/mol. The predicted octanol–water partition coefficient (Wildman–Crippen LogP) is 0.0676. The average molecular weight is 141 g/mol. The number of aliphatic imine (C=N–C) groups is 1. The lowest BCUT2D eigenvalue weighted by atomic mass is 10.3. The maximum Gasteiger partial charge on any atom is 0.0959 e. The molecule has 1 atom stereocenters. The molecular weight excluding hydrogens is 126 g/mol. The topological polar surface area (TPSA) is 41.6 Å². The van der Waals surface area contributed by atoms with Crippen LogP contribution in [0, 0.1) is 0 Å². The van der Waals surface area contributed by atoms with Gasteiger partial charge >= 0.3 is 0 Å². The first-order chi connectivity index (χ1) is 4.70. The smallest absolute Gasteiger partial charge is 0.0959 e. The number of nitrogens with two attached hydrogens (primary N) is 1. The van der Waals surface area contributed by atoms with Crippen molar-refractivity contribution in [2.24, 2.45) is 10.7 Å². The molecule has 1 aliphatic heterocycles. The molecule has 3 heteroatoms. The fraction of sp³-hybridized carbons (Fsp3) is 0.857. The molecule has 0 aliphatic carbocycles. The molecule has 3 nitrogen and oxygen atoms in total. The zero-order valence-corrected chi connectivity index (χ0v) is 6.67. The molecule has 1 aliphatic rings. The first-order valence-corrected chi connectivity index (χ1v) is 3.71. The fourth-order valence-electron chi connectivity index (χ4n) is 1.17. The van der Waals surface area contributed by atoms with Gasteiger partial charge in [0.1, 0.15) is 0 Å². The van der Waals surface area contributed by atoms with E-state index in [1.54, 1.807) is 0 Å². The highest BCUT2D eigenvalue weighted by molar-refractivity contribution is 5.81. The lowest BCUT2D eigenvalue weighted by molar-refractivity contribution is 0.424. The Labute approximate surface area is 61.9 Å². The molecule has 10 heavy (non-hydrogen) atoms. The van der Waals surface area contributed by atoms with Crippen LogP contribution in [-0.4, -0.2) is 36.4 Å². The van der Waals surface area contributed by atoms with Gasteiger partial charge in [0.25, 0.3) is 0 Å². The van der Waals surface area contributed by atoms with E-state index < -0.39 is 0 Å². The van der Waals surface area contributed by atoms with Gasteiger partial charge in [-0.3, -0.25) is 4.99 Å². The van der Waals surface area contributed by atoms with Crippen LogP contribution in [0.5, 0.6) is 0 Å². The third-order valence-corrected chi connectivity index (χ3v) is 1.68. The molecule has 0 amide bonds. The Bertz CT molecular complexity index is 140. The molecule has 0 fully saturated rings. The van der Waals surface area contributed by atoms with E-state index in [0.29, 0.717) is 0 Å². The van der Waals surface area contributed by atoms with E-state index in [1.807, 2.05) is 13.8 Å². The summed E-state index contributed by atoms with van der Waals surface area (Å²) in [5, 5.41) is 0. The van der Waals surface area contributed by atoms with Crippen molar-refractivity contribution in [2.45, 2.75) is 19.9 Å². The van der Waals surface area contributed by atoms with Crippen LogP contribution in [0.15, 0.2) is 4.99 Å². The molecule has 58 valence electrons. The summed E-state index contributed by atoms with van der Waals surface area (Å²) in [4.78, 5) is 6.48. The van der Waals surface area contributed by atoms with Crippen molar-refractivity contribution >= 4 is 5.84 Å². The summed E-state index contributed by atoms with van der Waals surface area (Å²) in [5.41, 5.74) is 5.64. The van der Waals surface area contributed by atoms with Crippen molar-refractivity contribution in [1.82, 2.24) is 4.90 Å². The van der Waals surface area contributed by atoms with E-state index in [2.05, 4.69) is 9.89 Å². The Morgan fingerprint density at radius 2 is 2.50 bits per heavy atom. The predicted molar refractivity (Wildman–Crippen MR) is 43.2 cm³/mol. The van der Waals surface area contributed by atoms with E-state index in [0.717, 1.165) is 25.5 Å². The third-order valence-electron chi connectivity index (χ3n) is 1.68. The highest BCUT2D eigenvalue weighted by Crippen LogP contribution is 2.00. The molecule has 0 spiro atoms. The summed E-state index contributed by atoms with van der Waals surface area (Å²) in [5.74, 6) is 1.14. The molecule has 1 unspecified atom stereocenters. The molecule has 1 rings (SSSR count). The molecule has 0 saturated heterocycles. The van der Waals surface area contributed by atoms with Gasteiger partial charge in [0.2, 0.25) is 0 Å². The van der Waals surface area contributed by atoms with Crippen molar-refractivity contribution in [1.29, 1.82) is 0 Å². The number of hydrogen-bond acceptors (Lipinski definition) is 3. The van der Waals surface area contributed by atoms with Crippen LogP contribution in [-0.2, 0) is 0 Å². The maximum absolute atomic E-state index is 5.64. The zero-order valence-electron chi connectivity index (χ0n) is 6.67. The van der Waals surface area contributed by atoms with Gasteiger partial charge in [-0.25, -0.2) is 0 Å². The molecular formula is C7H15N3. The van der Waals surface area contributed by atoms with Crippen LogP contribution in [0.3, 0.4) is 0 Å². The second kappa shape index (κ2) is 3.01. The van der Waals surface area contributed by atoms with Gasteiger partial charge in [-0.1, -0.05) is 0 Å². The number of nitrogens with zero attached hydrogens (tertiary/aromatic N) is 2. The second-order valence-electron chi connectivity index (χ2n) is 2.85. The standard InChI is InChI=1S/C7H15N3/c1-6(8)5-10-4-3-9-7(10)2/h6H,3-5,8H2,1-2H3. The van der Waals surface area contributed by atoms with Gasteiger partial charge in [0, 0.05) is 19.1 Å². The van der Waals surface area contributed by atoms with Crippen LogP contribution >= 0.6 is 0 Å².